The molecule has 0 spiro atoms. The fraction of sp³-hybridized carbons (Fsp3) is 0.600. The first-order valence-corrected chi connectivity index (χ1v) is 7.18. The van der Waals surface area contributed by atoms with Gasteiger partial charge in [-0.3, -0.25) is 4.90 Å². The number of rotatable bonds is 5. The summed E-state index contributed by atoms with van der Waals surface area (Å²) < 4.78 is 0. The highest BCUT2D eigenvalue weighted by atomic mass is 35.5. The summed E-state index contributed by atoms with van der Waals surface area (Å²) in [4.78, 5) is 2.38. The second-order valence-corrected chi connectivity index (χ2v) is 5.63. The monoisotopic (exact) mass is 267 g/mol. The number of nitrogens with zero attached hydrogens (tertiary/aromatic N) is 1. The molecule has 0 radical (unpaired) electrons. The van der Waals surface area contributed by atoms with E-state index in [9.17, 15) is 5.11 Å². The van der Waals surface area contributed by atoms with Crippen molar-refractivity contribution in [3.8, 4) is 0 Å². The predicted octanol–water partition coefficient (Wildman–Crippen LogP) is 3.39. The van der Waals surface area contributed by atoms with E-state index in [1.54, 1.807) is 0 Å². The minimum Gasteiger partial charge on any atom is -0.395 e. The van der Waals surface area contributed by atoms with Gasteiger partial charge < -0.3 is 5.11 Å². The van der Waals surface area contributed by atoms with Crippen molar-refractivity contribution in [3.05, 3.63) is 34.3 Å². The van der Waals surface area contributed by atoms with Crippen molar-refractivity contribution < 1.29 is 5.11 Å². The molecule has 1 aromatic carbocycles. The molecule has 1 N–H and O–H groups in total. The summed E-state index contributed by atoms with van der Waals surface area (Å²) in [5, 5.41) is 10.1. The van der Waals surface area contributed by atoms with Gasteiger partial charge in [-0.1, -0.05) is 36.6 Å². The maximum atomic E-state index is 9.21. The fourth-order valence-electron chi connectivity index (χ4n) is 2.79. The molecule has 0 heterocycles. The molecular formula is C15H22ClNO. The summed E-state index contributed by atoms with van der Waals surface area (Å²) in [6.45, 7) is 3.87. The first kappa shape index (κ1) is 13.9. The van der Waals surface area contributed by atoms with Crippen LogP contribution in [0.25, 0.3) is 0 Å². The van der Waals surface area contributed by atoms with Crippen molar-refractivity contribution in [2.45, 2.75) is 45.2 Å². The van der Waals surface area contributed by atoms with E-state index in [2.05, 4.69) is 24.0 Å². The number of hydrogen-bond acceptors (Lipinski definition) is 2. The van der Waals surface area contributed by atoms with Crippen LogP contribution in [-0.2, 0) is 6.54 Å². The zero-order valence-corrected chi connectivity index (χ0v) is 11.8. The third kappa shape index (κ3) is 3.47. The summed E-state index contributed by atoms with van der Waals surface area (Å²) in [6, 6.07) is 6.85. The normalized spacial score (nSPS) is 16.7. The third-order valence-electron chi connectivity index (χ3n) is 3.81. The van der Waals surface area contributed by atoms with E-state index in [0.29, 0.717) is 6.04 Å². The van der Waals surface area contributed by atoms with Gasteiger partial charge in [-0.05, 0) is 37.0 Å². The zero-order chi connectivity index (χ0) is 13.0. The predicted molar refractivity (Wildman–Crippen MR) is 75.9 cm³/mol. The maximum absolute atomic E-state index is 9.21. The Morgan fingerprint density at radius 3 is 2.67 bits per heavy atom. The van der Waals surface area contributed by atoms with Gasteiger partial charge in [0.05, 0.1) is 6.61 Å². The standard InChI is InChI=1S/C15H22ClNO/c1-12-6-7-13(15(16)10-12)11-17(8-9-18)14-4-2-3-5-14/h6-7,10,14,18H,2-5,8-9,11H2,1H3. The second-order valence-electron chi connectivity index (χ2n) is 5.23. The van der Waals surface area contributed by atoms with Gasteiger partial charge in [0.15, 0.2) is 0 Å². The van der Waals surface area contributed by atoms with E-state index in [0.717, 1.165) is 18.1 Å². The van der Waals surface area contributed by atoms with E-state index in [1.807, 2.05) is 6.07 Å². The molecule has 2 rings (SSSR count). The molecule has 1 saturated carbocycles. The Morgan fingerprint density at radius 2 is 2.06 bits per heavy atom. The largest absolute Gasteiger partial charge is 0.395 e. The molecule has 1 aromatic rings. The van der Waals surface area contributed by atoms with Crippen LogP contribution in [-0.4, -0.2) is 29.2 Å². The van der Waals surface area contributed by atoms with Crippen LogP contribution in [0.1, 0.15) is 36.8 Å². The molecule has 3 heteroatoms. The minimum absolute atomic E-state index is 0.222. The van der Waals surface area contributed by atoms with Crippen molar-refractivity contribution in [2.24, 2.45) is 0 Å². The molecule has 1 aliphatic rings. The molecule has 0 aliphatic heterocycles. The van der Waals surface area contributed by atoms with E-state index in [4.69, 9.17) is 11.6 Å². The summed E-state index contributed by atoms with van der Waals surface area (Å²) in [6.07, 6.45) is 5.13. The molecule has 1 fully saturated rings. The molecule has 100 valence electrons. The van der Waals surface area contributed by atoms with Crippen molar-refractivity contribution in [2.75, 3.05) is 13.2 Å². The average molecular weight is 268 g/mol. The van der Waals surface area contributed by atoms with Gasteiger partial charge in [0, 0.05) is 24.2 Å². The smallest absolute Gasteiger partial charge is 0.0558 e. The van der Waals surface area contributed by atoms with Crippen LogP contribution in [0.4, 0.5) is 0 Å². The van der Waals surface area contributed by atoms with Gasteiger partial charge in [0.2, 0.25) is 0 Å². The molecule has 2 nitrogen and oxygen atoms in total. The highest BCUT2D eigenvalue weighted by Gasteiger charge is 2.22. The van der Waals surface area contributed by atoms with Gasteiger partial charge in [0.25, 0.3) is 0 Å². The summed E-state index contributed by atoms with van der Waals surface area (Å²) in [5.41, 5.74) is 2.36. The Bertz CT molecular complexity index is 388. The fourth-order valence-corrected chi connectivity index (χ4v) is 3.08. The lowest BCUT2D eigenvalue weighted by molar-refractivity contribution is 0.145. The number of benzene rings is 1. The summed E-state index contributed by atoms with van der Waals surface area (Å²) in [5.74, 6) is 0. The number of aliphatic hydroxyl groups excluding tert-OH is 1. The molecule has 0 bridgehead atoms. The number of hydrogen-bond donors (Lipinski definition) is 1. The Hall–Kier alpha value is -0.570. The third-order valence-corrected chi connectivity index (χ3v) is 4.16. The minimum atomic E-state index is 0.222. The van der Waals surface area contributed by atoms with Gasteiger partial charge in [0.1, 0.15) is 0 Å². The van der Waals surface area contributed by atoms with E-state index >= 15 is 0 Å². The van der Waals surface area contributed by atoms with Gasteiger partial charge in [-0.25, -0.2) is 0 Å². The van der Waals surface area contributed by atoms with Crippen LogP contribution in [0.15, 0.2) is 18.2 Å². The number of aliphatic hydroxyl groups is 1. The van der Waals surface area contributed by atoms with Crippen LogP contribution in [0.2, 0.25) is 5.02 Å². The first-order chi connectivity index (χ1) is 8.70. The van der Waals surface area contributed by atoms with E-state index in [1.165, 1.54) is 36.8 Å². The first-order valence-electron chi connectivity index (χ1n) is 6.80. The highest BCUT2D eigenvalue weighted by Crippen LogP contribution is 2.26. The lowest BCUT2D eigenvalue weighted by Gasteiger charge is -2.28. The molecule has 0 aromatic heterocycles. The van der Waals surface area contributed by atoms with E-state index in [-0.39, 0.29) is 6.61 Å². The van der Waals surface area contributed by atoms with Gasteiger partial charge >= 0.3 is 0 Å². The van der Waals surface area contributed by atoms with Crippen molar-refractivity contribution in [1.29, 1.82) is 0 Å². The molecule has 1 aliphatic carbocycles. The molecule has 0 unspecified atom stereocenters. The van der Waals surface area contributed by atoms with Crippen LogP contribution in [0.3, 0.4) is 0 Å². The SMILES string of the molecule is Cc1ccc(CN(CCO)C2CCCC2)c(Cl)c1. The summed E-state index contributed by atoms with van der Waals surface area (Å²) >= 11 is 6.29. The molecular weight excluding hydrogens is 246 g/mol. The van der Waals surface area contributed by atoms with Crippen LogP contribution >= 0.6 is 11.6 Å². The Morgan fingerprint density at radius 1 is 1.33 bits per heavy atom. The van der Waals surface area contributed by atoms with Crippen molar-refractivity contribution in [1.82, 2.24) is 4.90 Å². The molecule has 0 amide bonds. The quantitative estimate of drug-likeness (QED) is 0.884. The second kappa shape index (κ2) is 6.55. The van der Waals surface area contributed by atoms with Crippen molar-refractivity contribution >= 4 is 11.6 Å². The zero-order valence-electron chi connectivity index (χ0n) is 11.0. The van der Waals surface area contributed by atoms with Gasteiger partial charge in [-0.15, -0.1) is 0 Å². The van der Waals surface area contributed by atoms with E-state index < -0.39 is 0 Å². The number of halogens is 1. The topological polar surface area (TPSA) is 23.5 Å². The average Bonchev–Trinajstić information content (AvgIpc) is 2.85. The van der Waals surface area contributed by atoms with Crippen LogP contribution < -0.4 is 0 Å². The Labute approximate surface area is 115 Å². The van der Waals surface area contributed by atoms with Crippen molar-refractivity contribution in [3.63, 3.8) is 0 Å². The lowest BCUT2D eigenvalue weighted by atomic mass is 10.1. The maximum Gasteiger partial charge on any atom is 0.0558 e. The van der Waals surface area contributed by atoms with Crippen LogP contribution in [0.5, 0.6) is 0 Å². The lowest BCUT2D eigenvalue weighted by Crippen LogP contribution is -2.35. The van der Waals surface area contributed by atoms with Crippen LogP contribution in [0, 0.1) is 6.92 Å². The molecule has 18 heavy (non-hydrogen) atoms. The molecule has 0 saturated heterocycles. The van der Waals surface area contributed by atoms with Gasteiger partial charge in [-0.2, -0.15) is 0 Å². The number of aryl methyl sites for hydroxylation is 1. The Balaban J connectivity index is 2.07. The molecule has 0 atom stereocenters. The highest BCUT2D eigenvalue weighted by molar-refractivity contribution is 6.31. The summed E-state index contributed by atoms with van der Waals surface area (Å²) in [7, 11) is 0. The Kier molecular flexibility index (Phi) is 5.04.